The van der Waals surface area contributed by atoms with Crippen molar-refractivity contribution in [2.75, 3.05) is 7.11 Å². The number of methoxy groups -OCH3 is 1. The van der Waals surface area contributed by atoms with Gasteiger partial charge in [-0.25, -0.2) is 9.59 Å². The van der Waals surface area contributed by atoms with Crippen LogP contribution in [0.25, 0.3) is 0 Å². The third kappa shape index (κ3) is 2.61. The Hall–Kier alpha value is -1.30. The number of amides is 1. The van der Waals surface area contributed by atoms with Crippen molar-refractivity contribution in [3.63, 3.8) is 0 Å². The third-order valence-electron chi connectivity index (χ3n) is 4.00. The molecule has 0 unspecified atom stereocenters. The fourth-order valence-electron chi connectivity index (χ4n) is 3.26. The summed E-state index contributed by atoms with van der Waals surface area (Å²) in [4.78, 5) is 25.7. The highest BCUT2D eigenvalue weighted by Crippen LogP contribution is 2.42. The molecule has 1 amide bonds. The van der Waals surface area contributed by atoms with Gasteiger partial charge in [0.05, 0.1) is 13.2 Å². The fourth-order valence-corrected chi connectivity index (χ4v) is 3.26. The zero-order valence-corrected chi connectivity index (χ0v) is 12.5. The summed E-state index contributed by atoms with van der Waals surface area (Å²) in [6.07, 6.45) is 1.12. The summed E-state index contributed by atoms with van der Waals surface area (Å²) in [5.41, 5.74) is -0.639. The first-order valence-corrected chi connectivity index (χ1v) is 7.03. The van der Waals surface area contributed by atoms with Gasteiger partial charge in [0, 0.05) is 12.0 Å². The van der Waals surface area contributed by atoms with E-state index in [1.54, 1.807) is 20.8 Å². The summed E-state index contributed by atoms with van der Waals surface area (Å²) in [5.74, 6) is -0.649. The van der Waals surface area contributed by atoms with E-state index >= 15 is 0 Å². The first kappa shape index (κ1) is 15.1. The number of nitrogens with zero attached hydrogens (tertiary/aromatic N) is 1. The zero-order chi connectivity index (χ0) is 15.1. The van der Waals surface area contributed by atoms with Gasteiger partial charge in [-0.05, 0) is 33.6 Å². The minimum absolute atomic E-state index is 0.0633. The normalized spacial score (nSPS) is 33.0. The lowest BCUT2D eigenvalue weighted by Gasteiger charge is -2.31. The van der Waals surface area contributed by atoms with Crippen LogP contribution in [0, 0.1) is 5.92 Å². The molecule has 6 heteroatoms. The second-order valence-corrected chi connectivity index (χ2v) is 6.51. The molecule has 2 aliphatic rings. The van der Waals surface area contributed by atoms with Gasteiger partial charge in [-0.1, -0.05) is 6.42 Å². The van der Waals surface area contributed by atoms with Crippen LogP contribution in [-0.2, 0) is 14.3 Å². The molecule has 0 aromatic heterocycles. The highest BCUT2D eigenvalue weighted by molar-refractivity contribution is 5.83. The van der Waals surface area contributed by atoms with Crippen molar-refractivity contribution in [1.29, 1.82) is 0 Å². The molecule has 114 valence electrons. The number of hydrogen-bond donors (Lipinski definition) is 1. The van der Waals surface area contributed by atoms with Crippen molar-refractivity contribution in [3.8, 4) is 0 Å². The van der Waals surface area contributed by atoms with E-state index in [-0.39, 0.29) is 12.0 Å². The molecule has 1 aliphatic carbocycles. The number of fused-ring (bicyclic) bond motifs is 1. The van der Waals surface area contributed by atoms with E-state index in [0.717, 1.165) is 19.3 Å². The van der Waals surface area contributed by atoms with Gasteiger partial charge >= 0.3 is 12.1 Å². The molecular weight excluding hydrogens is 262 g/mol. The number of likely N-dealkylation sites (tertiary alicyclic amines) is 1. The zero-order valence-electron chi connectivity index (χ0n) is 12.5. The van der Waals surface area contributed by atoms with Crippen molar-refractivity contribution >= 4 is 12.1 Å². The van der Waals surface area contributed by atoms with Crippen LogP contribution >= 0.6 is 0 Å². The summed E-state index contributed by atoms with van der Waals surface area (Å²) in [6, 6.07) is -1.09. The highest BCUT2D eigenvalue weighted by Gasteiger charge is 2.56. The van der Waals surface area contributed by atoms with Gasteiger partial charge in [0.1, 0.15) is 5.60 Å². The average Bonchev–Trinajstić information content (AvgIpc) is 2.88. The Bertz CT molecular complexity index is 403. The van der Waals surface area contributed by atoms with E-state index in [1.165, 1.54) is 12.0 Å². The van der Waals surface area contributed by atoms with Crippen molar-refractivity contribution in [3.05, 3.63) is 0 Å². The third-order valence-corrected chi connectivity index (χ3v) is 4.00. The van der Waals surface area contributed by atoms with Gasteiger partial charge in [-0.3, -0.25) is 4.90 Å². The molecule has 1 saturated heterocycles. The van der Waals surface area contributed by atoms with Gasteiger partial charge in [0.2, 0.25) is 0 Å². The molecule has 0 bridgehead atoms. The van der Waals surface area contributed by atoms with Gasteiger partial charge in [-0.2, -0.15) is 0 Å². The van der Waals surface area contributed by atoms with Crippen LogP contribution in [0.5, 0.6) is 0 Å². The topological polar surface area (TPSA) is 76.1 Å². The Morgan fingerprint density at radius 2 is 1.90 bits per heavy atom. The summed E-state index contributed by atoms with van der Waals surface area (Å²) in [5, 5.41) is 10.3. The maximum Gasteiger partial charge on any atom is 0.411 e. The van der Waals surface area contributed by atoms with Gasteiger partial charge in [-0.15, -0.1) is 0 Å². The summed E-state index contributed by atoms with van der Waals surface area (Å²) >= 11 is 0. The molecule has 0 aromatic carbocycles. The number of aliphatic hydroxyl groups excluding tert-OH is 1. The quantitative estimate of drug-likeness (QED) is 0.735. The number of esters is 1. The molecule has 1 heterocycles. The predicted octanol–water partition coefficient (Wildman–Crippen LogP) is 1.31. The van der Waals surface area contributed by atoms with Crippen LogP contribution in [0.3, 0.4) is 0 Å². The van der Waals surface area contributed by atoms with Crippen molar-refractivity contribution in [1.82, 2.24) is 4.90 Å². The Labute approximate surface area is 119 Å². The Kier molecular flexibility index (Phi) is 3.95. The maximum absolute atomic E-state index is 12.4. The number of aliphatic hydroxyl groups is 1. The molecule has 4 atom stereocenters. The number of hydrogen-bond acceptors (Lipinski definition) is 5. The lowest BCUT2D eigenvalue weighted by molar-refractivity contribution is -0.149. The first-order chi connectivity index (χ1) is 9.26. The van der Waals surface area contributed by atoms with Crippen molar-refractivity contribution in [2.45, 2.75) is 63.8 Å². The SMILES string of the molecule is COC(=O)[C@@H]1[C@@H](O)[C@H]2CCC[C@H]2N1C(=O)OC(C)(C)C. The first-order valence-electron chi connectivity index (χ1n) is 7.03. The fraction of sp³-hybridized carbons (Fsp3) is 0.857. The van der Waals surface area contributed by atoms with Crippen LogP contribution in [-0.4, -0.2) is 53.0 Å². The molecule has 6 nitrogen and oxygen atoms in total. The van der Waals surface area contributed by atoms with E-state index in [9.17, 15) is 14.7 Å². The van der Waals surface area contributed by atoms with Crippen LogP contribution < -0.4 is 0 Å². The van der Waals surface area contributed by atoms with Crippen LogP contribution in [0.1, 0.15) is 40.0 Å². The summed E-state index contributed by atoms with van der Waals surface area (Å²) < 4.78 is 10.1. The minimum Gasteiger partial charge on any atom is -0.467 e. The maximum atomic E-state index is 12.4. The smallest absolute Gasteiger partial charge is 0.411 e. The molecule has 1 N–H and O–H groups in total. The predicted molar refractivity (Wildman–Crippen MR) is 71.0 cm³/mol. The lowest BCUT2D eigenvalue weighted by atomic mass is 9.98. The molecule has 2 fully saturated rings. The second-order valence-electron chi connectivity index (χ2n) is 6.51. The van der Waals surface area contributed by atoms with Crippen LogP contribution in [0.4, 0.5) is 4.79 Å². The van der Waals surface area contributed by atoms with E-state index in [1.807, 2.05) is 0 Å². The summed E-state index contributed by atoms with van der Waals surface area (Å²) in [6.45, 7) is 5.32. The van der Waals surface area contributed by atoms with E-state index in [0.29, 0.717) is 0 Å². The largest absolute Gasteiger partial charge is 0.467 e. The average molecular weight is 285 g/mol. The van der Waals surface area contributed by atoms with Crippen LogP contribution in [0.15, 0.2) is 0 Å². The van der Waals surface area contributed by atoms with Gasteiger partial charge in [0.25, 0.3) is 0 Å². The van der Waals surface area contributed by atoms with Gasteiger partial charge in [0.15, 0.2) is 6.04 Å². The van der Waals surface area contributed by atoms with E-state index in [2.05, 4.69) is 0 Å². The minimum atomic E-state index is -0.954. The summed E-state index contributed by atoms with van der Waals surface area (Å²) in [7, 11) is 1.26. The number of ether oxygens (including phenoxy) is 2. The molecule has 0 aromatic rings. The number of rotatable bonds is 1. The molecule has 0 radical (unpaired) electrons. The Balaban J connectivity index is 2.25. The monoisotopic (exact) mass is 285 g/mol. The molecule has 2 rings (SSSR count). The highest BCUT2D eigenvalue weighted by atomic mass is 16.6. The van der Waals surface area contributed by atoms with Crippen LogP contribution in [0.2, 0.25) is 0 Å². The molecule has 0 spiro atoms. The standard InChI is InChI=1S/C14H23NO5/c1-14(2,3)20-13(18)15-9-7-5-6-8(9)11(16)10(15)12(17)19-4/h8-11,16H,5-7H2,1-4H3/t8-,9+,10-,11-/m0/s1. The Morgan fingerprint density at radius 3 is 2.45 bits per heavy atom. The number of carbonyl (C=O) groups is 2. The lowest BCUT2D eigenvalue weighted by Crippen LogP contribution is -2.50. The molecule has 1 aliphatic heterocycles. The molecular formula is C14H23NO5. The number of carbonyl (C=O) groups excluding carboxylic acids is 2. The van der Waals surface area contributed by atoms with Crippen molar-refractivity contribution < 1.29 is 24.2 Å². The van der Waals surface area contributed by atoms with E-state index < -0.39 is 29.8 Å². The second kappa shape index (κ2) is 5.24. The van der Waals surface area contributed by atoms with Gasteiger partial charge < -0.3 is 14.6 Å². The van der Waals surface area contributed by atoms with E-state index in [4.69, 9.17) is 9.47 Å². The Morgan fingerprint density at radius 1 is 1.25 bits per heavy atom. The molecule has 20 heavy (non-hydrogen) atoms. The molecule has 1 saturated carbocycles. The van der Waals surface area contributed by atoms with Crippen molar-refractivity contribution in [2.24, 2.45) is 5.92 Å².